The van der Waals surface area contributed by atoms with E-state index in [4.69, 9.17) is 10.5 Å². The molecule has 0 aliphatic carbocycles. The summed E-state index contributed by atoms with van der Waals surface area (Å²) in [6.07, 6.45) is 5.98. The molecule has 0 aliphatic rings. The molecule has 17 heavy (non-hydrogen) atoms. The van der Waals surface area contributed by atoms with Gasteiger partial charge in [0.25, 0.3) is 0 Å². The molecule has 0 bridgehead atoms. The second-order valence-electron chi connectivity index (χ2n) is 3.95. The van der Waals surface area contributed by atoms with E-state index in [0.717, 1.165) is 18.4 Å². The second-order valence-corrected chi connectivity index (χ2v) is 3.95. The molecule has 0 saturated heterocycles. The zero-order chi connectivity index (χ0) is 12.5. The Bertz CT molecular complexity index is 336. The van der Waals surface area contributed by atoms with Crippen molar-refractivity contribution < 1.29 is 9.53 Å². The van der Waals surface area contributed by atoms with E-state index in [1.165, 1.54) is 12.8 Å². The summed E-state index contributed by atoms with van der Waals surface area (Å²) in [4.78, 5) is 15.6. The standard InChI is InChI=1S/C13H20N2O2/c1-2-3-4-5-8-17-13(16)12-7-6-11(9-14)10-15-12/h6-7,10H,2-5,8-9,14H2,1H3. The summed E-state index contributed by atoms with van der Waals surface area (Å²) in [5.41, 5.74) is 6.70. The van der Waals surface area contributed by atoms with Gasteiger partial charge in [0.15, 0.2) is 0 Å². The number of ether oxygens (including phenoxy) is 1. The van der Waals surface area contributed by atoms with Gasteiger partial charge in [-0.25, -0.2) is 9.78 Å². The van der Waals surface area contributed by atoms with E-state index >= 15 is 0 Å². The van der Waals surface area contributed by atoms with Gasteiger partial charge in [-0.2, -0.15) is 0 Å². The topological polar surface area (TPSA) is 65.2 Å². The minimum absolute atomic E-state index is 0.345. The van der Waals surface area contributed by atoms with Gasteiger partial charge in [-0.1, -0.05) is 32.3 Å². The van der Waals surface area contributed by atoms with Crippen LogP contribution in [0, 0.1) is 0 Å². The molecule has 4 heteroatoms. The van der Waals surface area contributed by atoms with Gasteiger partial charge in [0.1, 0.15) is 5.69 Å². The fraction of sp³-hybridized carbons (Fsp3) is 0.538. The molecule has 0 amide bonds. The van der Waals surface area contributed by atoms with Crippen molar-refractivity contribution in [2.24, 2.45) is 5.73 Å². The van der Waals surface area contributed by atoms with E-state index in [1.807, 2.05) is 0 Å². The summed E-state index contributed by atoms with van der Waals surface area (Å²) in [6.45, 7) is 3.05. The second kappa shape index (κ2) is 7.79. The smallest absolute Gasteiger partial charge is 0.356 e. The van der Waals surface area contributed by atoms with Crippen LogP contribution in [0.5, 0.6) is 0 Å². The zero-order valence-corrected chi connectivity index (χ0v) is 10.3. The highest BCUT2D eigenvalue weighted by molar-refractivity contribution is 5.87. The molecule has 0 saturated carbocycles. The number of hydrogen-bond acceptors (Lipinski definition) is 4. The summed E-state index contributed by atoms with van der Waals surface area (Å²) in [5.74, 6) is -0.356. The Morgan fingerprint density at radius 3 is 2.76 bits per heavy atom. The molecule has 0 spiro atoms. The average molecular weight is 236 g/mol. The summed E-state index contributed by atoms with van der Waals surface area (Å²) in [7, 11) is 0. The maximum absolute atomic E-state index is 11.6. The molecule has 0 atom stereocenters. The fourth-order valence-corrected chi connectivity index (χ4v) is 1.43. The third-order valence-electron chi connectivity index (χ3n) is 2.50. The monoisotopic (exact) mass is 236 g/mol. The van der Waals surface area contributed by atoms with Gasteiger partial charge >= 0.3 is 5.97 Å². The molecule has 1 aromatic rings. The molecule has 0 aromatic carbocycles. The van der Waals surface area contributed by atoms with Crippen molar-refractivity contribution in [1.29, 1.82) is 0 Å². The maximum Gasteiger partial charge on any atom is 0.356 e. The summed E-state index contributed by atoms with van der Waals surface area (Å²) in [6, 6.07) is 3.44. The number of hydrogen-bond donors (Lipinski definition) is 1. The lowest BCUT2D eigenvalue weighted by atomic mass is 10.2. The van der Waals surface area contributed by atoms with Gasteiger partial charge in [-0.3, -0.25) is 0 Å². The number of pyridine rings is 1. The Labute approximate surface area is 102 Å². The SMILES string of the molecule is CCCCCCOC(=O)c1ccc(CN)cn1. The van der Waals surface area contributed by atoms with Crippen LogP contribution in [0.2, 0.25) is 0 Å². The van der Waals surface area contributed by atoms with Gasteiger partial charge in [-0.15, -0.1) is 0 Å². The van der Waals surface area contributed by atoms with Crippen LogP contribution in [0.3, 0.4) is 0 Å². The number of esters is 1. The number of nitrogens with two attached hydrogens (primary N) is 1. The molecule has 2 N–H and O–H groups in total. The minimum Gasteiger partial charge on any atom is -0.461 e. The van der Waals surface area contributed by atoms with E-state index in [-0.39, 0.29) is 5.97 Å². The third-order valence-corrected chi connectivity index (χ3v) is 2.50. The van der Waals surface area contributed by atoms with Crippen LogP contribution >= 0.6 is 0 Å². The normalized spacial score (nSPS) is 10.2. The number of carbonyl (C=O) groups excluding carboxylic acids is 1. The quantitative estimate of drug-likeness (QED) is 0.582. The molecular weight excluding hydrogens is 216 g/mol. The van der Waals surface area contributed by atoms with Crippen LogP contribution in [0.4, 0.5) is 0 Å². The third kappa shape index (κ3) is 4.95. The summed E-state index contributed by atoms with van der Waals surface area (Å²) >= 11 is 0. The molecule has 1 heterocycles. The van der Waals surface area contributed by atoms with Crippen molar-refractivity contribution in [1.82, 2.24) is 4.98 Å². The highest BCUT2D eigenvalue weighted by Gasteiger charge is 2.07. The molecule has 94 valence electrons. The molecule has 1 aromatic heterocycles. The number of rotatable bonds is 7. The predicted molar refractivity (Wildman–Crippen MR) is 66.6 cm³/mol. The number of unbranched alkanes of at least 4 members (excludes halogenated alkanes) is 3. The predicted octanol–water partition coefficient (Wildman–Crippen LogP) is 2.28. The number of nitrogens with zero attached hydrogens (tertiary/aromatic N) is 1. The molecule has 4 nitrogen and oxygen atoms in total. The van der Waals surface area contributed by atoms with Crippen molar-refractivity contribution in [2.45, 2.75) is 39.2 Å². The molecule has 1 rings (SSSR count). The summed E-state index contributed by atoms with van der Waals surface area (Å²) in [5, 5.41) is 0. The Kier molecular flexibility index (Phi) is 6.25. The van der Waals surface area contributed by atoms with E-state index in [2.05, 4.69) is 11.9 Å². The van der Waals surface area contributed by atoms with Gasteiger partial charge in [0.2, 0.25) is 0 Å². The first-order valence-corrected chi connectivity index (χ1v) is 6.10. The molecule has 0 radical (unpaired) electrons. The van der Waals surface area contributed by atoms with E-state index in [0.29, 0.717) is 18.8 Å². The van der Waals surface area contributed by atoms with Crippen molar-refractivity contribution in [3.05, 3.63) is 29.6 Å². The van der Waals surface area contributed by atoms with Crippen LogP contribution < -0.4 is 5.73 Å². The Morgan fingerprint density at radius 2 is 2.18 bits per heavy atom. The number of carbonyl (C=O) groups is 1. The Hall–Kier alpha value is -1.42. The van der Waals surface area contributed by atoms with Gasteiger partial charge in [0.05, 0.1) is 6.61 Å². The first-order chi connectivity index (χ1) is 8.27. The Morgan fingerprint density at radius 1 is 1.35 bits per heavy atom. The molecule has 0 unspecified atom stereocenters. The highest BCUT2D eigenvalue weighted by atomic mass is 16.5. The van der Waals surface area contributed by atoms with Gasteiger partial charge < -0.3 is 10.5 Å². The lowest BCUT2D eigenvalue weighted by Gasteiger charge is -2.04. The molecule has 0 fully saturated rings. The van der Waals surface area contributed by atoms with Gasteiger partial charge in [0, 0.05) is 12.7 Å². The lowest BCUT2D eigenvalue weighted by Crippen LogP contribution is -2.09. The first kappa shape index (κ1) is 13.6. The minimum atomic E-state index is -0.356. The van der Waals surface area contributed by atoms with E-state index in [9.17, 15) is 4.79 Å². The zero-order valence-electron chi connectivity index (χ0n) is 10.3. The van der Waals surface area contributed by atoms with Crippen molar-refractivity contribution in [3.63, 3.8) is 0 Å². The number of aromatic nitrogens is 1. The van der Waals surface area contributed by atoms with Crippen molar-refractivity contribution in [3.8, 4) is 0 Å². The van der Waals surface area contributed by atoms with Crippen LogP contribution in [0.25, 0.3) is 0 Å². The Balaban J connectivity index is 2.31. The molecule has 0 aliphatic heterocycles. The highest BCUT2D eigenvalue weighted by Crippen LogP contribution is 2.03. The van der Waals surface area contributed by atoms with E-state index < -0.39 is 0 Å². The van der Waals surface area contributed by atoms with Crippen LogP contribution in [0.15, 0.2) is 18.3 Å². The fourth-order valence-electron chi connectivity index (χ4n) is 1.43. The van der Waals surface area contributed by atoms with Crippen LogP contribution in [0.1, 0.15) is 48.7 Å². The average Bonchev–Trinajstić information content (AvgIpc) is 2.38. The first-order valence-electron chi connectivity index (χ1n) is 6.10. The molecular formula is C13H20N2O2. The van der Waals surface area contributed by atoms with E-state index in [1.54, 1.807) is 18.3 Å². The lowest BCUT2D eigenvalue weighted by molar-refractivity contribution is 0.0491. The van der Waals surface area contributed by atoms with Crippen LogP contribution in [-0.4, -0.2) is 17.6 Å². The maximum atomic E-state index is 11.6. The summed E-state index contributed by atoms with van der Waals surface area (Å²) < 4.78 is 5.12. The van der Waals surface area contributed by atoms with Gasteiger partial charge in [-0.05, 0) is 18.1 Å². The largest absolute Gasteiger partial charge is 0.461 e. The van der Waals surface area contributed by atoms with Crippen LogP contribution in [-0.2, 0) is 11.3 Å². The van der Waals surface area contributed by atoms with Crippen molar-refractivity contribution in [2.75, 3.05) is 6.61 Å². The van der Waals surface area contributed by atoms with Crippen molar-refractivity contribution >= 4 is 5.97 Å².